The molecule has 3 rings (SSSR count). The summed E-state index contributed by atoms with van der Waals surface area (Å²) in [5.41, 5.74) is 14.5. The summed E-state index contributed by atoms with van der Waals surface area (Å²) in [6.45, 7) is 10.00. The lowest BCUT2D eigenvalue weighted by Gasteiger charge is -2.25. The highest BCUT2D eigenvalue weighted by Crippen LogP contribution is 2.22. The number of hydrogen-bond acceptors (Lipinski definition) is 5. The number of aromatic amines is 1. The zero-order valence-corrected chi connectivity index (χ0v) is 18.2. The lowest BCUT2D eigenvalue weighted by Crippen LogP contribution is -2.41. The third-order valence-electron chi connectivity index (χ3n) is 5.18. The Morgan fingerprint density at radius 1 is 1.30 bits per heavy atom. The second kappa shape index (κ2) is 8.89. The van der Waals surface area contributed by atoms with Crippen LogP contribution in [0.4, 0.5) is 5.69 Å². The van der Waals surface area contributed by atoms with Gasteiger partial charge in [0.05, 0.1) is 0 Å². The van der Waals surface area contributed by atoms with Crippen LogP contribution in [0.3, 0.4) is 0 Å². The molecule has 0 radical (unpaired) electrons. The van der Waals surface area contributed by atoms with Crippen molar-refractivity contribution in [1.29, 1.82) is 0 Å². The number of benzene rings is 1. The quantitative estimate of drug-likeness (QED) is 0.261. The van der Waals surface area contributed by atoms with E-state index < -0.39 is 6.35 Å². The van der Waals surface area contributed by atoms with Gasteiger partial charge >= 0.3 is 0 Å². The molecule has 0 saturated heterocycles. The molecule has 8 heteroatoms. The maximum absolute atomic E-state index is 10.5. The maximum Gasteiger partial charge on any atom is 0.231 e. The second-order valence-corrected chi connectivity index (χ2v) is 8.68. The van der Waals surface area contributed by atoms with Crippen LogP contribution in [0.2, 0.25) is 0 Å². The summed E-state index contributed by atoms with van der Waals surface area (Å²) in [6, 6.07) is 10.4. The fourth-order valence-corrected chi connectivity index (χ4v) is 3.33. The number of nitrogens with two attached hydrogens (primary N) is 2. The fourth-order valence-electron chi connectivity index (χ4n) is 3.33. The number of nitrogens with one attached hydrogen (secondary N) is 2. The third-order valence-corrected chi connectivity index (χ3v) is 5.18. The van der Waals surface area contributed by atoms with Gasteiger partial charge < -0.3 is 31.8 Å². The first-order valence-corrected chi connectivity index (χ1v) is 10.3. The summed E-state index contributed by atoms with van der Waals surface area (Å²) in [5.74, 6) is 0.128. The van der Waals surface area contributed by atoms with Gasteiger partial charge in [0.15, 0.2) is 5.96 Å². The van der Waals surface area contributed by atoms with Gasteiger partial charge in [-0.05, 0) is 43.7 Å². The van der Waals surface area contributed by atoms with Crippen molar-refractivity contribution in [2.24, 2.45) is 21.5 Å². The molecule has 1 aliphatic heterocycles. The minimum atomic E-state index is -0.957. The van der Waals surface area contributed by atoms with Crippen LogP contribution in [-0.2, 0) is 5.41 Å². The maximum atomic E-state index is 10.5. The number of aliphatic imine (C=N–C) groups is 1. The van der Waals surface area contributed by atoms with Crippen molar-refractivity contribution < 1.29 is 5.11 Å². The molecule has 7 N–H and O–H groups in total. The van der Waals surface area contributed by atoms with Crippen LogP contribution in [0, 0.1) is 0 Å². The Morgan fingerprint density at radius 3 is 2.63 bits per heavy atom. The number of guanidine groups is 1. The van der Waals surface area contributed by atoms with Crippen LogP contribution in [-0.4, -0.2) is 35.5 Å². The standard InChI is InChI=1S/C22H33N7O/c1-14(25-10-5-11-26-20(23)24)15-6-8-17(9-7-15)29-13-16-12-18(22(2,3)4)27-19(16)28-21(29)30/h6-9,12-14,21,25,30H,5,10-11H2,1-4H3,(H,27,28)(H4,23,24,26)/t14-,21?/m0/s1. The minimum Gasteiger partial charge on any atom is -0.370 e. The van der Waals surface area contributed by atoms with Crippen LogP contribution in [0.15, 0.2) is 40.3 Å². The van der Waals surface area contributed by atoms with Gasteiger partial charge in [-0.3, -0.25) is 4.99 Å². The predicted octanol–water partition coefficient (Wildman–Crippen LogP) is 0.780. The predicted molar refractivity (Wildman–Crippen MR) is 121 cm³/mol. The van der Waals surface area contributed by atoms with Gasteiger partial charge in [0.1, 0.15) is 5.49 Å². The minimum absolute atomic E-state index is 0.00938. The second-order valence-electron chi connectivity index (χ2n) is 8.68. The monoisotopic (exact) mass is 411 g/mol. The third kappa shape index (κ3) is 5.20. The SMILES string of the molecule is C[C@H](NCCCN=C(N)N)c1ccc(N2C=c3cc(C(C)(C)C)[nH]c3=NC2O)cc1. The van der Waals surface area contributed by atoms with E-state index in [0.717, 1.165) is 35.1 Å². The number of aromatic nitrogens is 1. The number of anilines is 1. The average Bonchev–Trinajstić information content (AvgIpc) is 3.10. The summed E-state index contributed by atoms with van der Waals surface area (Å²) in [5, 5.41) is 15.0. The van der Waals surface area contributed by atoms with E-state index in [1.165, 1.54) is 5.56 Å². The van der Waals surface area contributed by atoms with E-state index in [1.807, 2.05) is 18.3 Å². The fraction of sp³-hybridized carbons (Fsp3) is 0.455. The molecule has 1 aromatic heterocycles. The smallest absolute Gasteiger partial charge is 0.231 e. The van der Waals surface area contributed by atoms with E-state index in [-0.39, 0.29) is 17.4 Å². The molecule has 1 aliphatic rings. The van der Waals surface area contributed by atoms with Crippen molar-refractivity contribution in [2.75, 3.05) is 18.0 Å². The van der Waals surface area contributed by atoms with Gasteiger partial charge in [0.2, 0.25) is 6.35 Å². The largest absolute Gasteiger partial charge is 0.370 e. The van der Waals surface area contributed by atoms with Gasteiger partial charge in [0, 0.05) is 40.8 Å². The summed E-state index contributed by atoms with van der Waals surface area (Å²) in [6.07, 6.45) is 1.85. The van der Waals surface area contributed by atoms with E-state index in [9.17, 15) is 5.11 Å². The molecule has 0 amide bonds. The Labute approximate surface area is 177 Å². The van der Waals surface area contributed by atoms with Crippen LogP contribution < -0.4 is 32.4 Å². The molecule has 0 bridgehead atoms. The highest BCUT2D eigenvalue weighted by Gasteiger charge is 2.21. The summed E-state index contributed by atoms with van der Waals surface area (Å²) in [7, 11) is 0. The van der Waals surface area contributed by atoms with Crippen molar-refractivity contribution in [2.45, 2.75) is 51.9 Å². The molecule has 30 heavy (non-hydrogen) atoms. The van der Waals surface area contributed by atoms with Gasteiger partial charge in [-0.15, -0.1) is 0 Å². The molecule has 2 atom stereocenters. The summed E-state index contributed by atoms with van der Waals surface area (Å²) >= 11 is 0. The van der Waals surface area contributed by atoms with E-state index >= 15 is 0 Å². The van der Waals surface area contributed by atoms with Crippen molar-refractivity contribution >= 4 is 17.8 Å². The normalized spacial score (nSPS) is 17.0. The first-order valence-electron chi connectivity index (χ1n) is 10.3. The van der Waals surface area contributed by atoms with Crippen LogP contribution in [0.1, 0.15) is 51.4 Å². The highest BCUT2D eigenvalue weighted by molar-refractivity contribution is 5.75. The molecule has 1 aromatic carbocycles. The van der Waals surface area contributed by atoms with Crippen molar-refractivity contribution in [1.82, 2.24) is 10.3 Å². The molecule has 0 fully saturated rings. The Kier molecular flexibility index (Phi) is 6.48. The first-order chi connectivity index (χ1) is 14.1. The number of hydrogen-bond donors (Lipinski definition) is 5. The Bertz CT molecular complexity index is 998. The molecule has 0 saturated carbocycles. The molecule has 2 aromatic rings. The summed E-state index contributed by atoms with van der Waals surface area (Å²) in [4.78, 5) is 13.5. The molecule has 0 spiro atoms. The topological polar surface area (TPSA) is 128 Å². The molecular formula is C22H33N7O. The molecule has 2 heterocycles. The number of rotatable bonds is 7. The Morgan fingerprint density at radius 2 is 2.00 bits per heavy atom. The zero-order chi connectivity index (χ0) is 21.9. The van der Waals surface area contributed by atoms with Crippen molar-refractivity contribution in [3.63, 3.8) is 0 Å². The Balaban J connectivity index is 1.68. The van der Waals surface area contributed by atoms with Crippen molar-refractivity contribution in [3.8, 4) is 0 Å². The molecule has 1 unspecified atom stereocenters. The summed E-state index contributed by atoms with van der Waals surface area (Å²) < 4.78 is 0. The van der Waals surface area contributed by atoms with Crippen LogP contribution >= 0.6 is 0 Å². The number of aliphatic hydroxyl groups is 1. The molecular weight excluding hydrogens is 378 g/mol. The lowest BCUT2D eigenvalue weighted by molar-refractivity contribution is 0.186. The first kappa shape index (κ1) is 21.9. The van der Waals surface area contributed by atoms with Crippen LogP contribution in [0.25, 0.3) is 6.20 Å². The van der Waals surface area contributed by atoms with Crippen molar-refractivity contribution in [3.05, 3.63) is 52.3 Å². The molecule has 162 valence electrons. The van der Waals surface area contributed by atoms with Gasteiger partial charge in [-0.1, -0.05) is 32.9 Å². The molecule has 0 aliphatic carbocycles. The molecule has 8 nitrogen and oxygen atoms in total. The van der Waals surface area contributed by atoms with E-state index in [0.29, 0.717) is 6.54 Å². The number of aliphatic hydroxyl groups excluding tert-OH is 1. The zero-order valence-electron chi connectivity index (χ0n) is 18.2. The number of nitrogens with zero attached hydrogens (tertiary/aromatic N) is 3. The van der Waals surface area contributed by atoms with Gasteiger partial charge in [-0.25, -0.2) is 4.99 Å². The number of H-pyrrole nitrogens is 1. The van der Waals surface area contributed by atoms with Gasteiger partial charge in [-0.2, -0.15) is 0 Å². The van der Waals surface area contributed by atoms with E-state index in [1.54, 1.807) is 4.90 Å². The van der Waals surface area contributed by atoms with E-state index in [2.05, 4.69) is 66.2 Å². The number of fused-ring (bicyclic) bond motifs is 1. The lowest BCUT2D eigenvalue weighted by atomic mass is 9.92. The van der Waals surface area contributed by atoms with Crippen LogP contribution in [0.5, 0.6) is 0 Å². The Hall–Kier alpha value is -2.84. The van der Waals surface area contributed by atoms with E-state index in [4.69, 9.17) is 11.5 Å². The van der Waals surface area contributed by atoms with Gasteiger partial charge in [0.25, 0.3) is 0 Å². The average molecular weight is 412 g/mol. The highest BCUT2D eigenvalue weighted by atomic mass is 16.3.